The minimum atomic E-state index is -4.62. The zero-order valence-corrected chi connectivity index (χ0v) is 24.3. The van der Waals surface area contributed by atoms with Crippen LogP contribution in [-0.4, -0.2) is 45.4 Å². The molecule has 0 atom stereocenters. The molecule has 1 heterocycles. The van der Waals surface area contributed by atoms with Crippen molar-refractivity contribution >= 4 is 42.4 Å². The molecule has 4 aromatic rings. The molecular formula is C27H25ClF3N3O5S2. The second-order valence-electron chi connectivity index (χ2n) is 9.23. The number of unbranched alkanes of at least 4 members (excludes halogenated alkanes) is 1. The monoisotopic (exact) mass is 627 g/mol. The van der Waals surface area contributed by atoms with Crippen LogP contribution < -0.4 is 9.46 Å². The maximum atomic E-state index is 13.7. The first kappa shape index (κ1) is 30.7. The average Bonchev–Trinajstić information content (AvgIpc) is 2.87. The fourth-order valence-electron chi connectivity index (χ4n) is 4.11. The van der Waals surface area contributed by atoms with Gasteiger partial charge >= 0.3 is 6.18 Å². The van der Waals surface area contributed by atoms with E-state index in [0.717, 1.165) is 12.3 Å². The standard InChI is InChI=1S/C27H25ClF3N3O5S2/c1-17-33-25(21-9-6-10-23(26(21)34-17)27(29,30)31)22-16-19(11-12-24(22)28)39-18-7-5-8-20(15-18)41(37,38)14-4-3-13-32-40(2,35)36/h5-12,15-16,32H,3-4,13-14H2,1-2H3. The highest BCUT2D eigenvalue weighted by Gasteiger charge is 2.34. The summed E-state index contributed by atoms with van der Waals surface area (Å²) in [5.74, 6) is 0.396. The SMILES string of the molecule is Cc1nc(-c2cc(Oc3cccc(S(=O)(=O)CCCCNS(C)(=O)=O)c3)ccc2Cl)c2cccc(C(F)(F)F)c2n1. The molecule has 0 fully saturated rings. The van der Waals surface area contributed by atoms with Crippen LogP contribution in [0.5, 0.6) is 11.5 Å². The number of aryl methyl sites for hydroxylation is 1. The van der Waals surface area contributed by atoms with E-state index in [1.807, 2.05) is 0 Å². The van der Waals surface area contributed by atoms with E-state index in [4.69, 9.17) is 16.3 Å². The molecule has 0 bridgehead atoms. The summed E-state index contributed by atoms with van der Waals surface area (Å²) in [4.78, 5) is 8.43. The average molecular weight is 628 g/mol. The fraction of sp³-hybridized carbons (Fsp3) is 0.259. The van der Waals surface area contributed by atoms with E-state index < -0.39 is 31.6 Å². The number of halogens is 4. The maximum Gasteiger partial charge on any atom is 0.418 e. The van der Waals surface area contributed by atoms with Crippen molar-refractivity contribution in [3.8, 4) is 22.8 Å². The van der Waals surface area contributed by atoms with Crippen molar-refractivity contribution in [3.63, 3.8) is 0 Å². The normalized spacial score (nSPS) is 12.5. The van der Waals surface area contributed by atoms with Crippen molar-refractivity contribution in [3.05, 3.63) is 77.1 Å². The number of nitrogens with zero attached hydrogens (tertiary/aromatic N) is 2. The molecule has 0 radical (unpaired) electrons. The van der Waals surface area contributed by atoms with Gasteiger partial charge in [0.2, 0.25) is 10.0 Å². The van der Waals surface area contributed by atoms with Gasteiger partial charge in [-0.2, -0.15) is 13.2 Å². The van der Waals surface area contributed by atoms with E-state index >= 15 is 0 Å². The van der Waals surface area contributed by atoms with Gasteiger partial charge in [-0.1, -0.05) is 29.8 Å². The number of hydrogen-bond acceptors (Lipinski definition) is 7. The summed E-state index contributed by atoms with van der Waals surface area (Å²) >= 11 is 6.44. The van der Waals surface area contributed by atoms with Gasteiger partial charge in [-0.05, 0) is 62.2 Å². The summed E-state index contributed by atoms with van der Waals surface area (Å²) in [6.45, 7) is 1.62. The van der Waals surface area contributed by atoms with Crippen LogP contribution >= 0.6 is 11.6 Å². The zero-order chi connectivity index (χ0) is 30.0. The topological polar surface area (TPSA) is 115 Å². The molecule has 0 aliphatic rings. The van der Waals surface area contributed by atoms with Crippen LogP contribution in [0.15, 0.2) is 65.6 Å². The molecule has 1 N–H and O–H groups in total. The smallest absolute Gasteiger partial charge is 0.418 e. The number of aromatic nitrogens is 2. The van der Waals surface area contributed by atoms with E-state index in [1.165, 1.54) is 49.4 Å². The number of ether oxygens (including phenoxy) is 1. The number of benzene rings is 3. The predicted molar refractivity (Wildman–Crippen MR) is 150 cm³/mol. The van der Waals surface area contributed by atoms with Gasteiger partial charge in [-0.25, -0.2) is 31.5 Å². The van der Waals surface area contributed by atoms with Gasteiger partial charge in [0.25, 0.3) is 0 Å². The summed E-state index contributed by atoms with van der Waals surface area (Å²) in [6, 6.07) is 14.1. The van der Waals surface area contributed by atoms with Crippen molar-refractivity contribution in [1.29, 1.82) is 0 Å². The molecule has 8 nitrogen and oxygen atoms in total. The van der Waals surface area contributed by atoms with Crippen molar-refractivity contribution in [2.75, 3.05) is 18.6 Å². The Kier molecular flexibility index (Phi) is 8.93. The first-order valence-corrected chi connectivity index (χ1v) is 16.2. The summed E-state index contributed by atoms with van der Waals surface area (Å²) in [5.41, 5.74) is -0.647. The van der Waals surface area contributed by atoms with E-state index in [0.29, 0.717) is 12.0 Å². The van der Waals surface area contributed by atoms with Crippen LogP contribution in [0.2, 0.25) is 5.02 Å². The number of nitrogens with one attached hydrogen (secondary N) is 1. The van der Waals surface area contributed by atoms with Crippen LogP contribution in [0, 0.1) is 6.92 Å². The van der Waals surface area contributed by atoms with Crippen LogP contribution in [-0.2, 0) is 26.0 Å². The highest BCUT2D eigenvalue weighted by Crippen LogP contribution is 2.39. The number of fused-ring (bicyclic) bond motifs is 1. The third kappa shape index (κ3) is 7.73. The molecule has 0 amide bonds. The van der Waals surface area contributed by atoms with Crippen LogP contribution in [0.3, 0.4) is 0 Å². The van der Waals surface area contributed by atoms with Crippen LogP contribution in [0.4, 0.5) is 13.2 Å². The van der Waals surface area contributed by atoms with E-state index in [-0.39, 0.29) is 62.6 Å². The summed E-state index contributed by atoms with van der Waals surface area (Å²) < 4.78 is 97.1. The predicted octanol–water partition coefficient (Wildman–Crippen LogP) is 6.17. The van der Waals surface area contributed by atoms with Crippen LogP contribution in [0.1, 0.15) is 24.2 Å². The Labute approximate surface area is 240 Å². The number of hydrogen-bond donors (Lipinski definition) is 1. The third-order valence-corrected chi connectivity index (χ3v) is 8.80. The van der Waals surface area contributed by atoms with E-state index in [2.05, 4.69) is 14.7 Å². The molecule has 41 heavy (non-hydrogen) atoms. The largest absolute Gasteiger partial charge is 0.457 e. The lowest BCUT2D eigenvalue weighted by Crippen LogP contribution is -2.23. The minimum absolute atomic E-state index is 0.0253. The molecule has 0 unspecified atom stereocenters. The van der Waals surface area contributed by atoms with Gasteiger partial charge in [0.1, 0.15) is 17.3 Å². The Balaban J connectivity index is 1.61. The highest BCUT2D eigenvalue weighted by atomic mass is 35.5. The Morgan fingerprint density at radius 3 is 2.34 bits per heavy atom. The molecular weight excluding hydrogens is 603 g/mol. The molecule has 0 aliphatic heterocycles. The van der Waals surface area contributed by atoms with Gasteiger partial charge < -0.3 is 4.74 Å². The molecule has 3 aromatic carbocycles. The fourth-order valence-corrected chi connectivity index (χ4v) is 6.23. The van der Waals surface area contributed by atoms with Crippen molar-refractivity contribution in [2.45, 2.75) is 30.8 Å². The molecule has 1 aromatic heterocycles. The molecule has 0 aliphatic carbocycles. The first-order valence-electron chi connectivity index (χ1n) is 12.2. The second-order valence-corrected chi connectivity index (χ2v) is 13.6. The van der Waals surface area contributed by atoms with E-state index in [1.54, 1.807) is 12.1 Å². The van der Waals surface area contributed by atoms with Gasteiger partial charge in [0, 0.05) is 17.5 Å². The lowest BCUT2D eigenvalue weighted by Gasteiger charge is -2.14. The zero-order valence-electron chi connectivity index (χ0n) is 21.9. The Morgan fingerprint density at radius 1 is 0.927 bits per heavy atom. The number of para-hydroxylation sites is 1. The number of sulfone groups is 1. The van der Waals surface area contributed by atoms with Crippen molar-refractivity contribution < 1.29 is 34.7 Å². The second kappa shape index (κ2) is 11.9. The summed E-state index contributed by atoms with van der Waals surface area (Å²) in [5, 5.41) is 0.375. The van der Waals surface area contributed by atoms with E-state index in [9.17, 15) is 30.0 Å². The minimum Gasteiger partial charge on any atom is -0.457 e. The Hall–Kier alpha value is -3.26. The molecule has 14 heteroatoms. The van der Waals surface area contributed by atoms with Gasteiger partial charge in [0.15, 0.2) is 9.84 Å². The van der Waals surface area contributed by atoms with Crippen molar-refractivity contribution in [2.24, 2.45) is 0 Å². The third-order valence-electron chi connectivity index (χ3n) is 5.94. The number of sulfonamides is 1. The van der Waals surface area contributed by atoms with Gasteiger partial charge in [-0.15, -0.1) is 0 Å². The van der Waals surface area contributed by atoms with Gasteiger partial charge in [0.05, 0.1) is 38.7 Å². The Bertz CT molecular complexity index is 1820. The molecule has 4 rings (SSSR count). The lowest BCUT2D eigenvalue weighted by atomic mass is 10.0. The summed E-state index contributed by atoms with van der Waals surface area (Å²) in [6.07, 6.45) is -3.00. The Morgan fingerprint density at radius 2 is 1.63 bits per heavy atom. The molecule has 218 valence electrons. The molecule has 0 saturated heterocycles. The molecule has 0 spiro atoms. The first-order chi connectivity index (χ1) is 19.1. The maximum absolute atomic E-state index is 13.7. The molecule has 0 saturated carbocycles. The highest BCUT2D eigenvalue weighted by molar-refractivity contribution is 7.91. The number of alkyl halides is 3. The van der Waals surface area contributed by atoms with Crippen molar-refractivity contribution in [1.82, 2.24) is 14.7 Å². The number of rotatable bonds is 10. The summed E-state index contributed by atoms with van der Waals surface area (Å²) in [7, 11) is -7.03. The lowest BCUT2D eigenvalue weighted by molar-refractivity contribution is -0.136. The van der Waals surface area contributed by atoms with Gasteiger partial charge in [-0.3, -0.25) is 0 Å². The van der Waals surface area contributed by atoms with Crippen LogP contribution in [0.25, 0.3) is 22.2 Å². The quantitative estimate of drug-likeness (QED) is 0.209.